The van der Waals surface area contributed by atoms with E-state index in [-0.39, 0.29) is 65.7 Å². The van der Waals surface area contributed by atoms with E-state index in [0.717, 1.165) is 45.4 Å². The molecule has 0 aromatic heterocycles. The molecule has 0 heterocycles. The Hall–Kier alpha value is 1.64. The molecule has 0 spiro atoms. The predicted molar refractivity (Wildman–Crippen MR) is 58.0 cm³/mol. The topological polar surface area (TPSA) is 378 Å². The molecule has 0 bridgehead atoms. The Bertz CT molecular complexity index is 10.3. The SMILES string of the molecule is O.O.O.O.O.O.O.O.O.O.O.O.[K][Br]. The third-order valence-corrected chi connectivity index (χ3v) is 0. The van der Waals surface area contributed by atoms with Crippen LogP contribution >= 0.6 is 6.60 Å². The van der Waals surface area contributed by atoms with Gasteiger partial charge >= 0.3 is 52.0 Å². The van der Waals surface area contributed by atoms with Crippen molar-refractivity contribution in [2.75, 3.05) is 0 Å². The number of hydrogen-bond acceptors (Lipinski definition) is 0. The van der Waals surface area contributed by atoms with Crippen LogP contribution in [-0.2, 0) is 0 Å². The van der Waals surface area contributed by atoms with Crippen LogP contribution in [0.3, 0.4) is 0 Å². The van der Waals surface area contributed by atoms with E-state index in [4.69, 9.17) is 0 Å². The van der Waals surface area contributed by atoms with Crippen molar-refractivity contribution in [3.8, 4) is 0 Å². The van der Waals surface area contributed by atoms with Crippen LogP contribution in [0.1, 0.15) is 0 Å². The second-order valence-corrected chi connectivity index (χ2v) is 0. The first kappa shape index (κ1) is 482. The molecule has 104 valence electrons. The summed E-state index contributed by atoms with van der Waals surface area (Å²) in [5.41, 5.74) is 0. The molecule has 0 aromatic carbocycles. The fourth-order valence-electron chi connectivity index (χ4n) is 0. The molecule has 14 heavy (non-hydrogen) atoms. The van der Waals surface area contributed by atoms with Crippen LogP contribution in [-0.4, -0.2) is 111 Å². The van der Waals surface area contributed by atoms with E-state index in [9.17, 15) is 0 Å². The summed E-state index contributed by atoms with van der Waals surface area (Å²) in [6, 6.07) is 0. The van der Waals surface area contributed by atoms with E-state index in [1.54, 1.807) is 0 Å². The zero-order valence-electron chi connectivity index (χ0n) is 7.38. The van der Waals surface area contributed by atoms with Gasteiger partial charge in [-0.2, -0.15) is 0 Å². The van der Waals surface area contributed by atoms with Gasteiger partial charge in [-0.1, -0.05) is 0 Å². The van der Waals surface area contributed by atoms with Gasteiger partial charge in [0.15, 0.2) is 0 Å². The van der Waals surface area contributed by atoms with Crippen LogP contribution in [0.2, 0.25) is 0 Å². The maximum atomic E-state index is 3.12. The number of hydrogen-bond donors (Lipinski definition) is 0. The van der Waals surface area contributed by atoms with E-state index in [1.165, 1.54) is 0 Å². The summed E-state index contributed by atoms with van der Waals surface area (Å²) < 4.78 is 0. The summed E-state index contributed by atoms with van der Waals surface area (Å²) in [4.78, 5) is 0. The Balaban J connectivity index is -0.0000000000758. The molecule has 0 aliphatic carbocycles. The zero-order chi connectivity index (χ0) is 2.00. The molecule has 24 N–H and O–H groups in total. The Morgan fingerprint density at radius 3 is 0.286 bits per heavy atom. The molecule has 12 nitrogen and oxygen atoms in total. The third-order valence-electron chi connectivity index (χ3n) is 0. The van der Waals surface area contributed by atoms with E-state index < -0.39 is 0 Å². The van der Waals surface area contributed by atoms with Crippen LogP contribution in [0, 0.1) is 0 Å². The van der Waals surface area contributed by atoms with Crippen molar-refractivity contribution in [1.82, 2.24) is 0 Å². The molecule has 0 radical (unpaired) electrons. The fourth-order valence-corrected chi connectivity index (χ4v) is 0. The maximum absolute atomic E-state index is 3.12. The molecule has 0 unspecified atom stereocenters. The van der Waals surface area contributed by atoms with Crippen LogP contribution < -0.4 is 0 Å². The molecule has 0 fully saturated rings. The van der Waals surface area contributed by atoms with Gasteiger partial charge < -0.3 is 65.7 Å². The van der Waals surface area contributed by atoms with Crippen molar-refractivity contribution < 1.29 is 65.7 Å². The standard InChI is InChI=1S/BrH.K.12H2O/h1H;;12*1H2/q;+1;;;;;;;;;;;;/p-1. The molecule has 0 amide bonds. The summed E-state index contributed by atoms with van der Waals surface area (Å²) in [5, 5.41) is 0. The molecule has 0 saturated carbocycles. The number of rotatable bonds is 0. The van der Waals surface area contributed by atoms with E-state index >= 15 is 0 Å². The molecule has 0 aliphatic rings. The summed E-state index contributed by atoms with van der Waals surface area (Å²) in [7, 11) is 0. The molecular formula is H24BrKO12. The summed E-state index contributed by atoms with van der Waals surface area (Å²) in [6.45, 7) is 3.12. The predicted octanol–water partition coefficient (Wildman–Crippen LogP) is -9.43. The van der Waals surface area contributed by atoms with E-state index in [2.05, 4.69) is 6.60 Å². The van der Waals surface area contributed by atoms with Crippen LogP contribution in [0.4, 0.5) is 0 Å². The summed E-state index contributed by atoms with van der Waals surface area (Å²) in [5.74, 6) is 0. The Morgan fingerprint density at radius 1 is 0.286 bits per heavy atom. The second kappa shape index (κ2) is 1020. The van der Waals surface area contributed by atoms with Crippen molar-refractivity contribution in [2.24, 2.45) is 0 Å². The van der Waals surface area contributed by atoms with Crippen LogP contribution in [0.15, 0.2) is 0 Å². The van der Waals surface area contributed by atoms with E-state index in [1.807, 2.05) is 0 Å². The van der Waals surface area contributed by atoms with Crippen LogP contribution in [0.5, 0.6) is 0 Å². The molecule has 0 atom stereocenters. The monoisotopic (exact) mass is 334 g/mol. The van der Waals surface area contributed by atoms with Crippen molar-refractivity contribution in [3.63, 3.8) is 0 Å². The Labute approximate surface area is 116 Å². The Morgan fingerprint density at radius 2 is 0.286 bits per heavy atom. The first-order chi connectivity index (χ1) is 1.00. The van der Waals surface area contributed by atoms with Crippen LogP contribution in [0.25, 0.3) is 0 Å². The quantitative estimate of drug-likeness (QED) is 0.372. The van der Waals surface area contributed by atoms with Gasteiger partial charge in [0.25, 0.3) is 0 Å². The molecule has 14 heteroatoms. The zero-order valence-corrected chi connectivity index (χ0v) is 12.1. The van der Waals surface area contributed by atoms with E-state index in [0.29, 0.717) is 0 Å². The molecule has 0 saturated heterocycles. The minimum atomic E-state index is 0. The van der Waals surface area contributed by atoms with Gasteiger partial charge in [-0.15, -0.1) is 0 Å². The van der Waals surface area contributed by atoms with Gasteiger partial charge in [0.1, 0.15) is 0 Å². The van der Waals surface area contributed by atoms with Gasteiger partial charge in [-0.3, -0.25) is 0 Å². The number of halogens is 1. The average molecular weight is 335 g/mol. The van der Waals surface area contributed by atoms with Gasteiger partial charge in [-0.25, -0.2) is 0 Å². The summed E-state index contributed by atoms with van der Waals surface area (Å²) >= 11 is 0.875. The first-order valence-corrected chi connectivity index (χ1v) is 8.10. The van der Waals surface area contributed by atoms with Gasteiger partial charge in [0, 0.05) is 0 Å². The first-order valence-electron chi connectivity index (χ1n) is 0.378. The average Bonchev–Trinajstić information content (AvgIpc) is 1.00. The third kappa shape index (κ3) is 813. The van der Waals surface area contributed by atoms with Crippen molar-refractivity contribution in [3.05, 3.63) is 0 Å². The Kier molecular flexibility index (Phi) is 35000. The van der Waals surface area contributed by atoms with Crippen molar-refractivity contribution in [1.29, 1.82) is 0 Å². The van der Waals surface area contributed by atoms with Gasteiger partial charge in [-0.05, 0) is 0 Å². The molecular weight excluding hydrogens is 311 g/mol. The normalized spacial score (nSPS) is 0.500. The minimum absolute atomic E-state index is 0. The molecule has 0 aliphatic heterocycles. The van der Waals surface area contributed by atoms with Crippen molar-refractivity contribution in [2.45, 2.75) is 0 Å². The fraction of sp³-hybridized carbons (Fsp3) is 0. The second-order valence-electron chi connectivity index (χ2n) is 0. The molecule has 0 aromatic rings. The van der Waals surface area contributed by atoms with Gasteiger partial charge in [0.05, 0.1) is 0 Å². The molecule has 0 rings (SSSR count). The van der Waals surface area contributed by atoms with Gasteiger partial charge in [0.2, 0.25) is 0 Å². The van der Waals surface area contributed by atoms with Crippen molar-refractivity contribution >= 4 is 52.0 Å². The summed E-state index contributed by atoms with van der Waals surface area (Å²) in [6.07, 6.45) is 0.